The lowest BCUT2D eigenvalue weighted by Gasteiger charge is -2.42. The molecule has 2 aliphatic heterocycles. The van der Waals surface area contributed by atoms with Crippen LogP contribution >= 0.6 is 11.6 Å². The number of piperidine rings is 1. The molecule has 0 spiro atoms. The average molecular weight is 524 g/mol. The van der Waals surface area contributed by atoms with Crippen molar-refractivity contribution >= 4 is 28.3 Å². The van der Waals surface area contributed by atoms with Gasteiger partial charge in [0.25, 0.3) is 0 Å². The van der Waals surface area contributed by atoms with E-state index in [1.807, 2.05) is 18.2 Å². The van der Waals surface area contributed by atoms with E-state index in [1.165, 1.54) is 5.56 Å². The van der Waals surface area contributed by atoms with Gasteiger partial charge in [0.15, 0.2) is 0 Å². The molecule has 0 radical (unpaired) electrons. The van der Waals surface area contributed by atoms with E-state index in [1.54, 1.807) is 0 Å². The van der Waals surface area contributed by atoms with Crippen molar-refractivity contribution in [3.8, 4) is 5.75 Å². The lowest BCUT2D eigenvalue weighted by molar-refractivity contribution is -0.185. The van der Waals surface area contributed by atoms with Gasteiger partial charge in [-0.05, 0) is 80.9 Å². The summed E-state index contributed by atoms with van der Waals surface area (Å²) in [6.45, 7) is 2.18. The Hall–Kier alpha value is -1.99. The zero-order valence-corrected chi connectivity index (χ0v) is 21.2. The number of carbonyl (C=O) groups is 1. The first kappa shape index (κ1) is 25.7. The van der Waals surface area contributed by atoms with E-state index in [9.17, 15) is 23.1 Å². The molecule has 1 saturated carbocycles. The Morgan fingerprint density at radius 2 is 1.75 bits per heavy atom. The quantitative estimate of drug-likeness (QED) is 0.420. The van der Waals surface area contributed by atoms with Gasteiger partial charge in [0.1, 0.15) is 5.75 Å². The van der Waals surface area contributed by atoms with Gasteiger partial charge in [-0.1, -0.05) is 36.7 Å². The molecule has 0 aromatic heterocycles. The Morgan fingerprint density at radius 3 is 2.33 bits per heavy atom. The molecule has 2 aromatic rings. The normalized spacial score (nSPS) is 29.9. The monoisotopic (exact) mass is 523 g/mol. The molecule has 3 atom stereocenters. The van der Waals surface area contributed by atoms with E-state index in [0.29, 0.717) is 48.5 Å². The smallest absolute Gasteiger partial charge is 0.391 e. The first-order chi connectivity index (χ1) is 17.2. The molecule has 2 heterocycles. The summed E-state index contributed by atoms with van der Waals surface area (Å²) >= 11 is 6.71. The van der Waals surface area contributed by atoms with Gasteiger partial charge < -0.3 is 9.84 Å². The number of carboxylic acids is 1. The summed E-state index contributed by atoms with van der Waals surface area (Å²) in [5.41, 5.74) is 1.20. The molecular weight excluding hydrogens is 491 g/mol. The van der Waals surface area contributed by atoms with Crippen LogP contribution < -0.4 is 4.74 Å². The topological polar surface area (TPSA) is 49.8 Å². The minimum Gasteiger partial charge on any atom is -0.489 e. The molecule has 4 nitrogen and oxygen atoms in total. The molecule has 1 aliphatic carbocycles. The van der Waals surface area contributed by atoms with Crippen LogP contribution in [0.5, 0.6) is 5.75 Å². The van der Waals surface area contributed by atoms with Gasteiger partial charge in [-0.25, -0.2) is 0 Å². The lowest BCUT2D eigenvalue weighted by Crippen LogP contribution is -2.46. The van der Waals surface area contributed by atoms with Gasteiger partial charge >= 0.3 is 12.1 Å². The maximum Gasteiger partial charge on any atom is 0.391 e. The number of hydrogen-bond acceptors (Lipinski definition) is 3. The van der Waals surface area contributed by atoms with Gasteiger partial charge in [-0.3, -0.25) is 9.69 Å². The number of ether oxygens (including phenoxy) is 1. The number of carboxylic acid groups (broad SMARTS) is 1. The number of nitrogens with zero attached hydrogens (tertiary/aromatic N) is 1. The van der Waals surface area contributed by atoms with Crippen molar-refractivity contribution < 1.29 is 27.8 Å². The number of hydrogen-bond donors (Lipinski definition) is 1. The molecule has 8 heteroatoms. The molecule has 3 fully saturated rings. The van der Waals surface area contributed by atoms with Crippen molar-refractivity contribution in [3.05, 3.63) is 40.9 Å². The second-order valence-electron chi connectivity index (χ2n) is 10.8. The summed E-state index contributed by atoms with van der Waals surface area (Å²) < 4.78 is 45.0. The van der Waals surface area contributed by atoms with Crippen LogP contribution in [0.3, 0.4) is 0 Å². The Labute approximate surface area is 214 Å². The highest BCUT2D eigenvalue weighted by Crippen LogP contribution is 2.46. The second-order valence-corrected chi connectivity index (χ2v) is 11.1. The highest BCUT2D eigenvalue weighted by molar-refractivity contribution is 6.37. The summed E-state index contributed by atoms with van der Waals surface area (Å²) in [6, 6.07) is 10.9. The van der Waals surface area contributed by atoms with E-state index in [-0.39, 0.29) is 30.9 Å². The molecule has 3 unspecified atom stereocenters. The summed E-state index contributed by atoms with van der Waals surface area (Å²) in [4.78, 5) is 14.1. The van der Waals surface area contributed by atoms with E-state index in [0.717, 1.165) is 30.0 Å². The molecule has 0 amide bonds. The van der Waals surface area contributed by atoms with E-state index in [2.05, 4.69) is 24.0 Å². The summed E-state index contributed by atoms with van der Waals surface area (Å²) in [5, 5.41) is 11.9. The van der Waals surface area contributed by atoms with Crippen molar-refractivity contribution in [3.63, 3.8) is 0 Å². The maximum absolute atomic E-state index is 13.0. The van der Waals surface area contributed by atoms with Crippen LogP contribution in [-0.2, 0) is 4.79 Å². The van der Waals surface area contributed by atoms with E-state index >= 15 is 0 Å². The third-order valence-electron chi connectivity index (χ3n) is 8.64. The van der Waals surface area contributed by atoms with Crippen molar-refractivity contribution in [1.82, 2.24) is 4.90 Å². The van der Waals surface area contributed by atoms with Crippen LogP contribution in [0.2, 0.25) is 5.02 Å². The molecular formula is C28H33ClF3NO3. The van der Waals surface area contributed by atoms with Crippen LogP contribution in [0, 0.1) is 11.8 Å². The largest absolute Gasteiger partial charge is 0.489 e. The van der Waals surface area contributed by atoms with Crippen molar-refractivity contribution in [2.45, 2.75) is 95.1 Å². The van der Waals surface area contributed by atoms with Crippen LogP contribution in [-0.4, -0.2) is 40.3 Å². The predicted molar refractivity (Wildman–Crippen MR) is 133 cm³/mol. The second kappa shape index (κ2) is 10.1. The van der Waals surface area contributed by atoms with Gasteiger partial charge in [0.05, 0.1) is 23.0 Å². The average Bonchev–Trinajstić information content (AvgIpc) is 3.09. The molecule has 36 heavy (non-hydrogen) atoms. The van der Waals surface area contributed by atoms with Crippen molar-refractivity contribution in [1.29, 1.82) is 0 Å². The first-order valence-electron chi connectivity index (χ1n) is 13.1. The highest BCUT2D eigenvalue weighted by atomic mass is 35.5. The van der Waals surface area contributed by atoms with Crippen LogP contribution in [0.1, 0.15) is 76.3 Å². The summed E-state index contributed by atoms with van der Waals surface area (Å²) in [5.74, 6) is -1.63. The molecule has 196 valence electrons. The number of benzene rings is 2. The van der Waals surface area contributed by atoms with Crippen molar-refractivity contribution in [2.24, 2.45) is 11.8 Å². The van der Waals surface area contributed by atoms with Gasteiger partial charge in [0, 0.05) is 23.5 Å². The molecule has 2 aromatic carbocycles. The Morgan fingerprint density at radius 1 is 1.08 bits per heavy atom. The number of fused-ring (bicyclic) bond motifs is 3. The highest BCUT2D eigenvalue weighted by Gasteiger charge is 2.45. The fourth-order valence-electron chi connectivity index (χ4n) is 6.82. The van der Waals surface area contributed by atoms with Crippen LogP contribution in [0.15, 0.2) is 30.3 Å². The minimum atomic E-state index is -4.13. The third-order valence-corrected chi connectivity index (χ3v) is 9.03. The fraction of sp³-hybridized carbons (Fsp3) is 0.607. The molecule has 2 bridgehead atoms. The molecule has 5 rings (SSSR count). The molecule has 2 saturated heterocycles. The zero-order chi connectivity index (χ0) is 25.6. The standard InChI is InChI=1S/C28H33ClF3NO3/c1-2-24(33-20-7-8-21(33)15-18(14-20)27(34)35)17-3-11-23-16(13-17)4-12-25(26(23)29)36-22-9-5-19(6-10-22)28(30,31)32/h3-4,11-13,18-22,24H,2,5-10,14-15H2,1H3,(H,34,35). The summed E-state index contributed by atoms with van der Waals surface area (Å²) in [6.07, 6.45) is 1.00. The zero-order valence-electron chi connectivity index (χ0n) is 20.4. The van der Waals surface area contributed by atoms with Crippen LogP contribution in [0.4, 0.5) is 13.2 Å². The Balaban J connectivity index is 1.32. The number of rotatable bonds is 6. The fourth-order valence-corrected chi connectivity index (χ4v) is 7.10. The van der Waals surface area contributed by atoms with Crippen molar-refractivity contribution in [2.75, 3.05) is 0 Å². The van der Waals surface area contributed by atoms with E-state index in [4.69, 9.17) is 16.3 Å². The first-order valence-corrected chi connectivity index (χ1v) is 13.5. The predicted octanol–water partition coefficient (Wildman–Crippen LogP) is 7.77. The minimum absolute atomic E-state index is 0.0901. The summed E-state index contributed by atoms with van der Waals surface area (Å²) in [7, 11) is 0. The van der Waals surface area contributed by atoms with Gasteiger partial charge in [-0.2, -0.15) is 13.2 Å². The lowest BCUT2D eigenvalue weighted by atomic mass is 9.87. The SMILES string of the molecule is CCC(c1ccc2c(Cl)c(OC3CCC(C(F)(F)F)CC3)ccc2c1)N1C2CCC1CC(C(=O)O)C2. The molecule has 3 aliphatic rings. The van der Waals surface area contributed by atoms with Crippen LogP contribution in [0.25, 0.3) is 10.8 Å². The number of alkyl halides is 3. The van der Waals surface area contributed by atoms with Gasteiger partial charge in [0.2, 0.25) is 0 Å². The van der Waals surface area contributed by atoms with E-state index < -0.39 is 18.1 Å². The maximum atomic E-state index is 13.0. The third kappa shape index (κ3) is 4.93. The number of halogens is 4. The molecule has 1 N–H and O–H groups in total. The Bertz CT molecular complexity index is 1100. The number of aliphatic carboxylic acids is 1. The van der Waals surface area contributed by atoms with Gasteiger partial charge in [-0.15, -0.1) is 0 Å². The Kier molecular flexibility index (Phi) is 7.16.